The van der Waals surface area contributed by atoms with E-state index in [4.69, 9.17) is 4.74 Å². The molecule has 1 fully saturated rings. The summed E-state index contributed by atoms with van der Waals surface area (Å²) in [5.74, 6) is -0.0780. The van der Waals surface area contributed by atoms with E-state index in [2.05, 4.69) is 16.0 Å². The van der Waals surface area contributed by atoms with E-state index in [-0.39, 0.29) is 11.8 Å². The number of ether oxygens (including phenoxy) is 1. The molecule has 2 amide bonds. The number of carbonyl (C=O) groups excluding carboxylic acids is 2. The van der Waals surface area contributed by atoms with Crippen LogP contribution in [0.3, 0.4) is 0 Å². The molecule has 0 aliphatic carbocycles. The summed E-state index contributed by atoms with van der Waals surface area (Å²) in [5, 5.41) is 9.04. The van der Waals surface area contributed by atoms with E-state index in [9.17, 15) is 9.59 Å². The number of rotatable bonds is 6. The molecule has 6 heteroatoms. The Morgan fingerprint density at radius 2 is 2.04 bits per heavy atom. The van der Waals surface area contributed by atoms with Gasteiger partial charge in [0.2, 0.25) is 11.8 Å². The van der Waals surface area contributed by atoms with Gasteiger partial charge in [0.15, 0.2) is 0 Å². The van der Waals surface area contributed by atoms with Crippen LogP contribution < -0.4 is 16.0 Å². The molecule has 2 rings (SSSR count). The van der Waals surface area contributed by atoms with Crippen molar-refractivity contribution in [3.63, 3.8) is 0 Å². The number of nitrogens with one attached hydrogen (secondary N) is 3. The molecule has 0 unspecified atom stereocenters. The predicted molar refractivity (Wildman–Crippen MR) is 89.0 cm³/mol. The zero-order valence-corrected chi connectivity index (χ0v) is 13.8. The maximum absolute atomic E-state index is 12.7. The van der Waals surface area contributed by atoms with E-state index >= 15 is 0 Å². The molecular formula is C17H25N3O3. The van der Waals surface area contributed by atoms with Crippen LogP contribution in [0.25, 0.3) is 0 Å². The number of amides is 2. The lowest BCUT2D eigenvalue weighted by Gasteiger charge is -2.35. The SMILES string of the molecule is COCC1(C(=O)NCc2cccc(NC(C)=O)c2)CCNCC1. The first-order valence-electron chi connectivity index (χ1n) is 7.90. The molecule has 0 radical (unpaired) electrons. The van der Waals surface area contributed by atoms with Gasteiger partial charge >= 0.3 is 0 Å². The van der Waals surface area contributed by atoms with Gasteiger partial charge in [-0.25, -0.2) is 0 Å². The Labute approximate surface area is 137 Å². The van der Waals surface area contributed by atoms with Gasteiger partial charge in [-0.05, 0) is 43.6 Å². The largest absolute Gasteiger partial charge is 0.384 e. The fourth-order valence-corrected chi connectivity index (χ4v) is 2.95. The van der Waals surface area contributed by atoms with Gasteiger partial charge in [-0.2, -0.15) is 0 Å². The van der Waals surface area contributed by atoms with Gasteiger partial charge in [0.05, 0.1) is 12.0 Å². The summed E-state index contributed by atoms with van der Waals surface area (Å²) in [4.78, 5) is 23.8. The van der Waals surface area contributed by atoms with Crippen molar-refractivity contribution >= 4 is 17.5 Å². The van der Waals surface area contributed by atoms with Crippen LogP contribution in [-0.4, -0.2) is 38.6 Å². The Morgan fingerprint density at radius 3 is 2.70 bits per heavy atom. The minimum absolute atomic E-state index is 0.0331. The van der Waals surface area contributed by atoms with E-state index in [0.29, 0.717) is 13.2 Å². The number of piperidine rings is 1. The molecule has 1 aromatic carbocycles. The summed E-state index contributed by atoms with van der Waals surface area (Å²) >= 11 is 0. The third-order valence-electron chi connectivity index (χ3n) is 4.16. The second-order valence-electron chi connectivity index (χ2n) is 6.03. The second-order valence-corrected chi connectivity index (χ2v) is 6.03. The highest BCUT2D eigenvalue weighted by Crippen LogP contribution is 2.29. The summed E-state index contributed by atoms with van der Waals surface area (Å²) in [7, 11) is 1.63. The summed E-state index contributed by atoms with van der Waals surface area (Å²) in [6.07, 6.45) is 1.55. The van der Waals surface area contributed by atoms with Gasteiger partial charge in [-0.3, -0.25) is 9.59 Å². The minimum Gasteiger partial charge on any atom is -0.384 e. The zero-order chi connectivity index (χ0) is 16.7. The Balaban J connectivity index is 1.98. The average molecular weight is 319 g/mol. The fraction of sp³-hybridized carbons (Fsp3) is 0.529. The molecule has 0 saturated carbocycles. The van der Waals surface area contributed by atoms with Gasteiger partial charge in [0, 0.05) is 26.3 Å². The monoisotopic (exact) mass is 319 g/mol. The highest BCUT2D eigenvalue weighted by molar-refractivity contribution is 5.88. The molecule has 0 spiro atoms. The molecule has 1 aliphatic rings. The van der Waals surface area contributed by atoms with E-state index in [1.807, 2.05) is 24.3 Å². The van der Waals surface area contributed by atoms with Crippen molar-refractivity contribution in [3.05, 3.63) is 29.8 Å². The summed E-state index contributed by atoms with van der Waals surface area (Å²) in [6.45, 7) is 4.00. The van der Waals surface area contributed by atoms with Gasteiger partial charge in [0.1, 0.15) is 0 Å². The lowest BCUT2D eigenvalue weighted by Crippen LogP contribution is -2.49. The van der Waals surface area contributed by atoms with Crippen LogP contribution in [0.2, 0.25) is 0 Å². The number of benzene rings is 1. The predicted octanol–water partition coefficient (Wildman–Crippen LogP) is 1.28. The third kappa shape index (κ3) is 4.77. The van der Waals surface area contributed by atoms with Gasteiger partial charge in [-0.1, -0.05) is 12.1 Å². The quantitative estimate of drug-likeness (QED) is 0.738. The summed E-state index contributed by atoms with van der Waals surface area (Å²) in [5.41, 5.74) is 1.23. The zero-order valence-electron chi connectivity index (χ0n) is 13.8. The second kappa shape index (κ2) is 8.08. The van der Waals surface area contributed by atoms with Crippen LogP contribution in [0.5, 0.6) is 0 Å². The first-order chi connectivity index (χ1) is 11.1. The van der Waals surface area contributed by atoms with Crippen molar-refractivity contribution in [2.24, 2.45) is 5.41 Å². The first-order valence-corrected chi connectivity index (χ1v) is 7.90. The molecule has 6 nitrogen and oxygen atoms in total. The van der Waals surface area contributed by atoms with Crippen molar-refractivity contribution in [3.8, 4) is 0 Å². The van der Waals surface area contributed by atoms with Crippen LogP contribution in [0.15, 0.2) is 24.3 Å². The van der Waals surface area contributed by atoms with Crippen molar-refractivity contribution in [1.29, 1.82) is 0 Å². The van der Waals surface area contributed by atoms with Crippen molar-refractivity contribution < 1.29 is 14.3 Å². The molecule has 23 heavy (non-hydrogen) atoms. The molecule has 0 atom stereocenters. The third-order valence-corrected chi connectivity index (χ3v) is 4.16. The molecule has 1 saturated heterocycles. The molecular weight excluding hydrogens is 294 g/mol. The molecule has 1 aliphatic heterocycles. The van der Waals surface area contributed by atoms with Gasteiger partial charge in [0.25, 0.3) is 0 Å². The maximum atomic E-state index is 12.7. The lowest BCUT2D eigenvalue weighted by molar-refractivity contribution is -0.136. The van der Waals surface area contributed by atoms with E-state index in [1.165, 1.54) is 6.92 Å². The smallest absolute Gasteiger partial charge is 0.228 e. The molecule has 1 heterocycles. The van der Waals surface area contributed by atoms with Crippen LogP contribution in [-0.2, 0) is 20.9 Å². The minimum atomic E-state index is -0.449. The average Bonchev–Trinajstić information content (AvgIpc) is 2.53. The Bertz CT molecular complexity index is 548. The molecule has 3 N–H and O–H groups in total. The number of hydrogen-bond donors (Lipinski definition) is 3. The van der Waals surface area contributed by atoms with Gasteiger partial charge in [-0.15, -0.1) is 0 Å². The standard InChI is InChI=1S/C17H25N3O3/c1-13(21)20-15-5-3-4-14(10-15)11-19-16(22)17(12-23-2)6-8-18-9-7-17/h3-5,10,18H,6-9,11-12H2,1-2H3,(H,19,22)(H,20,21). The van der Waals surface area contributed by atoms with Crippen LogP contribution in [0, 0.1) is 5.41 Å². The Hall–Kier alpha value is -1.92. The van der Waals surface area contributed by atoms with Crippen LogP contribution >= 0.6 is 0 Å². The Morgan fingerprint density at radius 1 is 1.30 bits per heavy atom. The van der Waals surface area contributed by atoms with Crippen LogP contribution in [0.4, 0.5) is 5.69 Å². The molecule has 0 aromatic heterocycles. The number of methoxy groups -OCH3 is 1. The van der Waals surface area contributed by atoms with E-state index < -0.39 is 5.41 Å². The lowest BCUT2D eigenvalue weighted by atomic mass is 9.78. The van der Waals surface area contributed by atoms with Gasteiger partial charge < -0.3 is 20.7 Å². The summed E-state index contributed by atoms with van der Waals surface area (Å²) in [6, 6.07) is 7.48. The first kappa shape index (κ1) is 17.4. The topological polar surface area (TPSA) is 79.5 Å². The highest BCUT2D eigenvalue weighted by atomic mass is 16.5. The normalized spacial score (nSPS) is 16.6. The molecule has 126 valence electrons. The van der Waals surface area contributed by atoms with E-state index in [1.54, 1.807) is 7.11 Å². The maximum Gasteiger partial charge on any atom is 0.228 e. The van der Waals surface area contributed by atoms with Crippen molar-refractivity contribution in [2.45, 2.75) is 26.3 Å². The molecule has 0 bridgehead atoms. The number of carbonyl (C=O) groups is 2. The van der Waals surface area contributed by atoms with Crippen molar-refractivity contribution in [2.75, 3.05) is 32.1 Å². The Kier molecular flexibility index (Phi) is 6.12. The van der Waals surface area contributed by atoms with E-state index in [0.717, 1.165) is 37.2 Å². The fourth-order valence-electron chi connectivity index (χ4n) is 2.95. The number of anilines is 1. The summed E-state index contributed by atoms with van der Waals surface area (Å²) < 4.78 is 5.28. The van der Waals surface area contributed by atoms with Crippen molar-refractivity contribution in [1.82, 2.24) is 10.6 Å². The molecule has 1 aromatic rings. The number of hydrogen-bond acceptors (Lipinski definition) is 4. The van der Waals surface area contributed by atoms with Crippen LogP contribution in [0.1, 0.15) is 25.3 Å². The highest BCUT2D eigenvalue weighted by Gasteiger charge is 2.39.